The van der Waals surface area contributed by atoms with Gasteiger partial charge < -0.3 is 16.2 Å². The minimum Gasteiger partial charge on any atom is -0.478 e. The Labute approximate surface area is 93.6 Å². The number of nitrogens with one attached hydrogen (secondary N) is 1. The molecule has 0 aromatic carbocycles. The zero-order valence-electron chi connectivity index (χ0n) is 7.53. The van der Waals surface area contributed by atoms with Gasteiger partial charge in [-0.25, -0.2) is 9.78 Å². The summed E-state index contributed by atoms with van der Waals surface area (Å²) in [4.78, 5) is 24.6. The van der Waals surface area contributed by atoms with Gasteiger partial charge in [-0.1, -0.05) is 0 Å². The van der Waals surface area contributed by atoms with Crippen LogP contribution in [-0.4, -0.2) is 22.5 Å². The van der Waals surface area contributed by atoms with Crippen molar-refractivity contribution in [3.05, 3.63) is 21.8 Å². The number of hydrogen-bond donors (Lipinski definition) is 3. The van der Waals surface area contributed by atoms with Crippen LogP contribution in [0, 0.1) is 0 Å². The predicted molar refractivity (Wildman–Crippen MR) is 56.2 cm³/mol. The van der Waals surface area contributed by atoms with E-state index in [-0.39, 0.29) is 17.9 Å². The summed E-state index contributed by atoms with van der Waals surface area (Å²) < 4.78 is 0.489. The number of halogens is 1. The molecular formula is C8H8BrN3O3. The zero-order valence-corrected chi connectivity index (χ0v) is 9.11. The molecule has 0 atom stereocenters. The molecule has 0 saturated carbocycles. The number of anilines is 1. The summed E-state index contributed by atoms with van der Waals surface area (Å²) in [6.07, 6.45) is 0.523. The number of pyridine rings is 1. The maximum Gasteiger partial charge on any atom is 0.339 e. The minimum absolute atomic E-state index is 0.0725. The van der Waals surface area contributed by atoms with E-state index < -0.39 is 5.97 Å². The van der Waals surface area contributed by atoms with Crippen LogP contribution in [0.2, 0.25) is 0 Å². The number of aromatic nitrogens is 1. The number of carbonyl (C=O) groups excluding carboxylic acids is 1. The summed E-state index contributed by atoms with van der Waals surface area (Å²) in [5.41, 5.74) is 5.84. The molecule has 0 aliphatic rings. The molecule has 6 nitrogen and oxygen atoms in total. The molecule has 1 heterocycles. The Morgan fingerprint density at radius 3 is 2.93 bits per heavy atom. The van der Waals surface area contributed by atoms with Gasteiger partial charge in [0, 0.05) is 4.47 Å². The van der Waals surface area contributed by atoms with E-state index in [0.29, 0.717) is 16.6 Å². The fraction of sp³-hybridized carbons (Fsp3) is 0.125. The first kappa shape index (κ1) is 11.4. The number of rotatable bonds is 4. The molecule has 0 fully saturated rings. The molecule has 7 heteroatoms. The molecule has 0 aliphatic carbocycles. The van der Waals surface area contributed by atoms with Gasteiger partial charge in [0.25, 0.3) is 0 Å². The van der Waals surface area contributed by atoms with E-state index >= 15 is 0 Å². The summed E-state index contributed by atoms with van der Waals surface area (Å²) in [6, 6.07) is 1.35. The normalized spacial score (nSPS) is 9.67. The quantitative estimate of drug-likeness (QED) is 0.688. The van der Waals surface area contributed by atoms with Crippen LogP contribution in [0.3, 0.4) is 0 Å². The van der Waals surface area contributed by atoms with Gasteiger partial charge in [-0.05, 0) is 22.0 Å². The molecule has 0 spiro atoms. The van der Waals surface area contributed by atoms with Gasteiger partial charge in [0.2, 0.25) is 6.41 Å². The second kappa shape index (κ2) is 4.74. The van der Waals surface area contributed by atoms with Gasteiger partial charge in [-0.2, -0.15) is 0 Å². The third kappa shape index (κ3) is 2.66. The molecule has 1 aromatic rings. The number of hydrogen-bond acceptors (Lipinski definition) is 4. The number of nitrogens with zero attached hydrogens (tertiary/aromatic N) is 1. The first-order chi connectivity index (χ1) is 7.06. The lowest BCUT2D eigenvalue weighted by Gasteiger charge is -2.06. The summed E-state index contributed by atoms with van der Waals surface area (Å²) in [7, 11) is 0. The highest BCUT2D eigenvalue weighted by atomic mass is 79.9. The molecule has 1 aromatic heterocycles. The lowest BCUT2D eigenvalue weighted by Crippen LogP contribution is -2.14. The number of nitrogens with two attached hydrogens (primary N) is 1. The number of carboxylic acid groups (broad SMARTS) is 1. The molecule has 0 aliphatic heterocycles. The standard InChI is InChI=1S/C8H8BrN3O3/c9-5-1-4(8(14)15)7(10)12-6(5)2-11-3-13/h1,3H,2H2,(H2,10,12)(H,11,13)(H,14,15). The summed E-state index contributed by atoms with van der Waals surface area (Å²) >= 11 is 3.14. The monoisotopic (exact) mass is 273 g/mol. The minimum atomic E-state index is -1.14. The van der Waals surface area contributed by atoms with Gasteiger partial charge >= 0.3 is 5.97 Å². The van der Waals surface area contributed by atoms with Gasteiger partial charge in [0.05, 0.1) is 12.2 Å². The highest BCUT2D eigenvalue weighted by molar-refractivity contribution is 9.10. The van der Waals surface area contributed by atoms with Crippen LogP contribution in [0.5, 0.6) is 0 Å². The number of nitrogen functional groups attached to an aromatic ring is 1. The van der Waals surface area contributed by atoms with Crippen molar-refractivity contribution in [2.24, 2.45) is 0 Å². The molecule has 1 amide bonds. The van der Waals surface area contributed by atoms with Gasteiger partial charge in [-0.15, -0.1) is 0 Å². The van der Waals surface area contributed by atoms with Crippen molar-refractivity contribution in [1.29, 1.82) is 0 Å². The molecular weight excluding hydrogens is 266 g/mol. The summed E-state index contributed by atoms with van der Waals surface area (Å²) in [5, 5.41) is 11.1. The second-order valence-corrected chi connectivity index (χ2v) is 3.51. The van der Waals surface area contributed by atoms with E-state index in [1.807, 2.05) is 0 Å². The first-order valence-corrected chi connectivity index (χ1v) is 4.70. The molecule has 0 bridgehead atoms. The van der Waals surface area contributed by atoms with E-state index in [2.05, 4.69) is 26.2 Å². The Morgan fingerprint density at radius 1 is 1.73 bits per heavy atom. The summed E-state index contributed by atoms with van der Waals surface area (Å²) in [6.45, 7) is 0.189. The third-order valence-electron chi connectivity index (χ3n) is 1.66. The number of amides is 1. The lowest BCUT2D eigenvalue weighted by molar-refractivity contribution is -0.109. The number of aromatic carboxylic acids is 1. The van der Waals surface area contributed by atoms with Crippen molar-refractivity contribution in [3.63, 3.8) is 0 Å². The maximum absolute atomic E-state index is 10.7. The first-order valence-electron chi connectivity index (χ1n) is 3.91. The molecule has 0 saturated heterocycles. The van der Waals surface area contributed by atoms with Crippen molar-refractivity contribution in [2.45, 2.75) is 6.54 Å². The highest BCUT2D eigenvalue weighted by Crippen LogP contribution is 2.20. The fourth-order valence-corrected chi connectivity index (χ4v) is 1.43. The lowest BCUT2D eigenvalue weighted by atomic mass is 10.2. The molecule has 80 valence electrons. The maximum atomic E-state index is 10.7. The van der Waals surface area contributed by atoms with Crippen LogP contribution in [0.1, 0.15) is 16.1 Å². The Bertz CT molecular complexity index is 408. The van der Waals surface area contributed by atoms with Crippen molar-refractivity contribution in [1.82, 2.24) is 10.3 Å². The van der Waals surface area contributed by atoms with Crippen LogP contribution in [0.25, 0.3) is 0 Å². The Balaban J connectivity index is 3.07. The topological polar surface area (TPSA) is 105 Å². The van der Waals surface area contributed by atoms with E-state index in [9.17, 15) is 9.59 Å². The Hall–Kier alpha value is -1.63. The fourth-order valence-electron chi connectivity index (χ4n) is 0.977. The van der Waals surface area contributed by atoms with E-state index in [0.717, 1.165) is 0 Å². The molecule has 15 heavy (non-hydrogen) atoms. The molecule has 0 radical (unpaired) electrons. The van der Waals surface area contributed by atoms with Gasteiger partial charge in [-0.3, -0.25) is 4.79 Å². The van der Waals surface area contributed by atoms with Gasteiger partial charge in [0.1, 0.15) is 11.4 Å². The Kier molecular flexibility index (Phi) is 3.62. The largest absolute Gasteiger partial charge is 0.478 e. The second-order valence-electron chi connectivity index (χ2n) is 2.65. The molecule has 0 unspecified atom stereocenters. The van der Waals surface area contributed by atoms with E-state index in [1.165, 1.54) is 6.07 Å². The Morgan fingerprint density at radius 2 is 2.40 bits per heavy atom. The molecule has 1 rings (SSSR count). The van der Waals surface area contributed by atoms with Crippen LogP contribution < -0.4 is 11.1 Å². The van der Waals surface area contributed by atoms with Crippen molar-refractivity contribution < 1.29 is 14.7 Å². The van der Waals surface area contributed by atoms with Crippen LogP contribution in [-0.2, 0) is 11.3 Å². The van der Waals surface area contributed by atoms with Crippen molar-refractivity contribution in [2.75, 3.05) is 5.73 Å². The van der Waals surface area contributed by atoms with Gasteiger partial charge in [0.15, 0.2) is 0 Å². The number of carboxylic acids is 1. The van der Waals surface area contributed by atoms with E-state index in [4.69, 9.17) is 10.8 Å². The average Bonchev–Trinajstić information content (AvgIpc) is 2.18. The van der Waals surface area contributed by atoms with Crippen LogP contribution in [0.15, 0.2) is 10.5 Å². The zero-order chi connectivity index (χ0) is 11.4. The SMILES string of the molecule is Nc1nc(CNC=O)c(Br)cc1C(=O)O. The smallest absolute Gasteiger partial charge is 0.339 e. The average molecular weight is 274 g/mol. The van der Waals surface area contributed by atoms with Crippen LogP contribution >= 0.6 is 15.9 Å². The predicted octanol–water partition coefficient (Wildman–Crippen LogP) is 0.370. The number of carbonyl (C=O) groups is 2. The third-order valence-corrected chi connectivity index (χ3v) is 2.35. The van der Waals surface area contributed by atoms with Crippen molar-refractivity contribution in [3.8, 4) is 0 Å². The highest BCUT2D eigenvalue weighted by Gasteiger charge is 2.12. The molecule has 4 N–H and O–H groups in total. The van der Waals surface area contributed by atoms with Crippen LogP contribution in [0.4, 0.5) is 5.82 Å². The van der Waals surface area contributed by atoms with Crippen molar-refractivity contribution >= 4 is 34.1 Å². The summed E-state index contributed by atoms with van der Waals surface area (Å²) in [5.74, 6) is -1.22. The van der Waals surface area contributed by atoms with E-state index in [1.54, 1.807) is 0 Å².